The summed E-state index contributed by atoms with van der Waals surface area (Å²) >= 11 is 0. The largest absolute Gasteiger partial charge is 0.497 e. The molecule has 1 heterocycles. The highest BCUT2D eigenvalue weighted by Gasteiger charge is 2.23. The van der Waals surface area contributed by atoms with E-state index in [4.69, 9.17) is 15.2 Å². The maximum atomic E-state index is 13.1. The molecule has 2 N–H and O–H groups in total. The number of amides is 1. The van der Waals surface area contributed by atoms with E-state index in [2.05, 4.69) is 0 Å². The summed E-state index contributed by atoms with van der Waals surface area (Å²) in [6.45, 7) is 2.36. The van der Waals surface area contributed by atoms with Crippen LogP contribution in [0.1, 0.15) is 34.3 Å². The lowest BCUT2D eigenvalue weighted by Gasteiger charge is -2.26. The van der Waals surface area contributed by atoms with E-state index >= 15 is 0 Å². The highest BCUT2D eigenvalue weighted by molar-refractivity contribution is 5.94. The fourth-order valence-electron chi connectivity index (χ4n) is 3.21. The standard InChI is InChI=1S/C21H26N2O3.ClH/c1-25-19-5-2-4-17(12-19)14-23(15-20-6-3-11-26-20)21(24)18-9-7-16(13-22)8-10-18;/h2,4-5,7-10,12,20H,3,6,11,13-15,22H2,1H3;1H. The minimum atomic E-state index is 0. The average Bonchev–Trinajstić information content (AvgIpc) is 3.20. The van der Waals surface area contributed by atoms with Crippen molar-refractivity contribution in [3.63, 3.8) is 0 Å². The third-order valence-corrected chi connectivity index (χ3v) is 4.68. The van der Waals surface area contributed by atoms with E-state index in [1.54, 1.807) is 7.11 Å². The summed E-state index contributed by atoms with van der Waals surface area (Å²) in [7, 11) is 1.65. The zero-order valence-corrected chi connectivity index (χ0v) is 16.4. The third kappa shape index (κ3) is 5.70. The lowest BCUT2D eigenvalue weighted by atomic mass is 10.1. The molecule has 0 bridgehead atoms. The molecule has 5 nitrogen and oxygen atoms in total. The van der Waals surface area contributed by atoms with E-state index in [9.17, 15) is 4.79 Å². The SMILES string of the molecule is COc1cccc(CN(CC2CCCO2)C(=O)c2ccc(CN)cc2)c1.Cl. The Morgan fingerprint density at radius 3 is 2.63 bits per heavy atom. The van der Waals surface area contributed by atoms with Crippen molar-refractivity contribution in [1.29, 1.82) is 0 Å². The first-order chi connectivity index (χ1) is 12.7. The van der Waals surface area contributed by atoms with Gasteiger partial charge in [0.15, 0.2) is 0 Å². The van der Waals surface area contributed by atoms with Crippen molar-refractivity contribution in [1.82, 2.24) is 4.90 Å². The fourth-order valence-corrected chi connectivity index (χ4v) is 3.21. The summed E-state index contributed by atoms with van der Waals surface area (Å²) in [4.78, 5) is 15.0. The van der Waals surface area contributed by atoms with Crippen LogP contribution >= 0.6 is 12.4 Å². The van der Waals surface area contributed by atoms with Gasteiger partial charge in [0.25, 0.3) is 5.91 Å². The van der Waals surface area contributed by atoms with Gasteiger partial charge in [-0.15, -0.1) is 12.4 Å². The molecule has 0 spiro atoms. The molecule has 1 atom stereocenters. The number of carbonyl (C=O) groups is 1. The van der Waals surface area contributed by atoms with E-state index in [1.807, 2.05) is 53.4 Å². The van der Waals surface area contributed by atoms with Crippen LogP contribution in [-0.4, -0.2) is 37.2 Å². The van der Waals surface area contributed by atoms with Crippen molar-refractivity contribution in [2.24, 2.45) is 5.73 Å². The predicted molar refractivity (Wildman–Crippen MR) is 108 cm³/mol. The number of rotatable bonds is 7. The van der Waals surface area contributed by atoms with Gasteiger partial charge in [-0.1, -0.05) is 24.3 Å². The zero-order chi connectivity index (χ0) is 18.4. The van der Waals surface area contributed by atoms with Crippen molar-refractivity contribution in [2.45, 2.75) is 32.0 Å². The van der Waals surface area contributed by atoms with Gasteiger partial charge in [-0.05, 0) is 48.2 Å². The Balaban J connectivity index is 0.00000261. The molecule has 1 aliphatic heterocycles. The van der Waals surface area contributed by atoms with Crippen LogP contribution in [0.2, 0.25) is 0 Å². The van der Waals surface area contributed by atoms with Crippen molar-refractivity contribution in [3.8, 4) is 5.75 Å². The van der Waals surface area contributed by atoms with Gasteiger partial charge in [0.1, 0.15) is 5.75 Å². The number of methoxy groups -OCH3 is 1. The first-order valence-corrected chi connectivity index (χ1v) is 9.02. The van der Waals surface area contributed by atoms with E-state index in [-0.39, 0.29) is 24.4 Å². The van der Waals surface area contributed by atoms with Crippen LogP contribution in [0.3, 0.4) is 0 Å². The number of hydrogen-bond donors (Lipinski definition) is 1. The molecule has 2 aromatic rings. The first kappa shape index (κ1) is 21.2. The third-order valence-electron chi connectivity index (χ3n) is 4.68. The molecule has 2 aromatic carbocycles. The Kier molecular flexibility index (Phi) is 8.10. The second kappa shape index (κ2) is 10.3. The number of hydrogen-bond acceptors (Lipinski definition) is 4. The minimum absolute atomic E-state index is 0. The molecular formula is C21H27ClN2O3. The molecule has 6 heteroatoms. The lowest BCUT2D eigenvalue weighted by molar-refractivity contribution is 0.0507. The number of ether oxygens (including phenoxy) is 2. The Bertz CT molecular complexity index is 730. The smallest absolute Gasteiger partial charge is 0.254 e. The van der Waals surface area contributed by atoms with Crippen LogP contribution in [0.15, 0.2) is 48.5 Å². The highest BCUT2D eigenvalue weighted by Crippen LogP contribution is 2.19. The van der Waals surface area contributed by atoms with Gasteiger partial charge < -0.3 is 20.1 Å². The van der Waals surface area contributed by atoms with Crippen molar-refractivity contribution in [3.05, 3.63) is 65.2 Å². The number of halogens is 1. The van der Waals surface area contributed by atoms with E-state index in [1.165, 1.54) is 0 Å². The Labute approximate surface area is 166 Å². The van der Waals surface area contributed by atoms with Gasteiger partial charge in [0.05, 0.1) is 13.2 Å². The summed E-state index contributed by atoms with van der Waals surface area (Å²) in [5.41, 5.74) is 8.37. The van der Waals surface area contributed by atoms with Gasteiger partial charge in [-0.2, -0.15) is 0 Å². The molecule has 3 rings (SSSR count). The van der Waals surface area contributed by atoms with E-state index in [0.29, 0.717) is 25.2 Å². The normalized spacial score (nSPS) is 15.9. The van der Waals surface area contributed by atoms with Crippen molar-refractivity contribution >= 4 is 18.3 Å². The summed E-state index contributed by atoms with van der Waals surface area (Å²) in [6, 6.07) is 15.3. The van der Waals surface area contributed by atoms with Gasteiger partial charge >= 0.3 is 0 Å². The monoisotopic (exact) mass is 390 g/mol. The average molecular weight is 391 g/mol. The maximum Gasteiger partial charge on any atom is 0.254 e. The second-order valence-corrected chi connectivity index (χ2v) is 6.57. The lowest BCUT2D eigenvalue weighted by Crippen LogP contribution is -2.37. The molecule has 1 saturated heterocycles. The van der Waals surface area contributed by atoms with Crippen molar-refractivity contribution < 1.29 is 14.3 Å². The quantitative estimate of drug-likeness (QED) is 0.786. The fraction of sp³-hybridized carbons (Fsp3) is 0.381. The Hall–Kier alpha value is -2.08. The van der Waals surface area contributed by atoms with Crippen LogP contribution in [0.4, 0.5) is 0 Å². The molecule has 0 aliphatic carbocycles. The van der Waals surface area contributed by atoms with Gasteiger partial charge in [0.2, 0.25) is 0 Å². The van der Waals surface area contributed by atoms with E-state index < -0.39 is 0 Å². The number of benzene rings is 2. The van der Waals surface area contributed by atoms with Crippen LogP contribution in [0, 0.1) is 0 Å². The summed E-state index contributed by atoms with van der Waals surface area (Å²) in [6.07, 6.45) is 2.15. The molecule has 1 amide bonds. The summed E-state index contributed by atoms with van der Waals surface area (Å²) < 4.78 is 11.1. The van der Waals surface area contributed by atoms with Crippen LogP contribution in [0.25, 0.3) is 0 Å². The number of nitrogens with two attached hydrogens (primary N) is 1. The molecule has 0 aromatic heterocycles. The molecule has 1 fully saturated rings. The topological polar surface area (TPSA) is 64.8 Å². The molecule has 1 aliphatic rings. The van der Waals surface area contributed by atoms with Gasteiger partial charge in [-0.3, -0.25) is 4.79 Å². The van der Waals surface area contributed by atoms with Crippen LogP contribution in [-0.2, 0) is 17.8 Å². The van der Waals surface area contributed by atoms with Gasteiger partial charge in [-0.25, -0.2) is 0 Å². The number of nitrogens with zero attached hydrogens (tertiary/aromatic N) is 1. The summed E-state index contributed by atoms with van der Waals surface area (Å²) in [5, 5.41) is 0. The maximum absolute atomic E-state index is 13.1. The molecule has 1 unspecified atom stereocenters. The molecular weight excluding hydrogens is 364 g/mol. The molecule has 0 saturated carbocycles. The minimum Gasteiger partial charge on any atom is -0.497 e. The first-order valence-electron chi connectivity index (χ1n) is 9.02. The molecule has 0 radical (unpaired) electrons. The summed E-state index contributed by atoms with van der Waals surface area (Å²) in [5.74, 6) is 0.797. The zero-order valence-electron chi connectivity index (χ0n) is 15.6. The van der Waals surface area contributed by atoms with Crippen LogP contribution in [0.5, 0.6) is 5.75 Å². The van der Waals surface area contributed by atoms with E-state index in [0.717, 1.165) is 36.3 Å². The van der Waals surface area contributed by atoms with Crippen molar-refractivity contribution in [2.75, 3.05) is 20.3 Å². The highest BCUT2D eigenvalue weighted by atomic mass is 35.5. The number of carbonyl (C=O) groups excluding carboxylic acids is 1. The van der Waals surface area contributed by atoms with Gasteiger partial charge in [0, 0.05) is 31.8 Å². The van der Waals surface area contributed by atoms with Crippen LogP contribution < -0.4 is 10.5 Å². The Morgan fingerprint density at radius 2 is 2.00 bits per heavy atom. The predicted octanol–water partition coefficient (Wildman–Crippen LogP) is 3.40. The molecule has 27 heavy (non-hydrogen) atoms. The molecule has 146 valence electrons. The Morgan fingerprint density at radius 1 is 1.22 bits per heavy atom. The second-order valence-electron chi connectivity index (χ2n) is 6.57.